The summed E-state index contributed by atoms with van der Waals surface area (Å²) >= 11 is 0. The second-order valence-electron chi connectivity index (χ2n) is 9.14. The van der Waals surface area contributed by atoms with Crippen LogP contribution in [0, 0.1) is 0 Å². The molecule has 1 aliphatic heterocycles. The van der Waals surface area contributed by atoms with E-state index in [1.54, 1.807) is 0 Å². The van der Waals surface area contributed by atoms with Crippen molar-refractivity contribution in [1.82, 2.24) is 5.32 Å². The average Bonchev–Trinajstić information content (AvgIpc) is 3.01. The van der Waals surface area contributed by atoms with Crippen molar-refractivity contribution in [2.24, 2.45) is 0 Å². The minimum atomic E-state index is 0.374. The van der Waals surface area contributed by atoms with Crippen molar-refractivity contribution in [3.63, 3.8) is 0 Å². The van der Waals surface area contributed by atoms with Gasteiger partial charge in [-0.05, 0) is 32.9 Å². The monoisotopic (exact) mass is 613 g/mol. The van der Waals surface area contributed by atoms with Crippen LogP contribution in [0.4, 0.5) is 0 Å². The molecule has 1 heterocycles. The molecule has 0 bridgehead atoms. The third-order valence-corrected chi connectivity index (χ3v) is 5.79. The summed E-state index contributed by atoms with van der Waals surface area (Å²) in [5.74, 6) is 0. The summed E-state index contributed by atoms with van der Waals surface area (Å²) in [5, 5.41) is 3.33. The average molecular weight is 614 g/mol. The van der Waals surface area contributed by atoms with Gasteiger partial charge in [0.2, 0.25) is 0 Å². The van der Waals surface area contributed by atoms with E-state index >= 15 is 0 Å². The quantitative estimate of drug-likeness (QED) is 0.102. The highest BCUT2D eigenvalue weighted by Gasteiger charge is 2.12. The molecule has 0 amide bonds. The number of hydrogen-bond acceptors (Lipinski definition) is 13. The van der Waals surface area contributed by atoms with Crippen LogP contribution in [0.2, 0.25) is 0 Å². The molecule has 1 aliphatic rings. The SMILES string of the molecule is CCOCCOCCOCCOCCOCCOCCOCCOCCOCCOCCOCCOC1CCNCC1. The van der Waals surface area contributed by atoms with Gasteiger partial charge in [0.1, 0.15) is 0 Å². The Morgan fingerprint density at radius 2 is 0.595 bits per heavy atom. The summed E-state index contributed by atoms with van der Waals surface area (Å²) in [7, 11) is 0. The lowest BCUT2D eigenvalue weighted by Gasteiger charge is -2.22. The molecule has 0 aromatic rings. The van der Waals surface area contributed by atoms with Crippen molar-refractivity contribution in [3.05, 3.63) is 0 Å². The van der Waals surface area contributed by atoms with Crippen molar-refractivity contribution in [3.8, 4) is 0 Å². The fraction of sp³-hybridized carbons (Fsp3) is 1.00. The molecule has 0 unspecified atom stereocenters. The number of ether oxygens (including phenoxy) is 12. The van der Waals surface area contributed by atoms with Crippen LogP contribution in [0.1, 0.15) is 19.8 Å². The smallest absolute Gasteiger partial charge is 0.0704 e. The zero-order chi connectivity index (χ0) is 29.9. The van der Waals surface area contributed by atoms with Crippen molar-refractivity contribution in [1.29, 1.82) is 0 Å². The Bertz CT molecular complexity index is 503. The highest BCUT2D eigenvalue weighted by Crippen LogP contribution is 2.06. The largest absolute Gasteiger partial charge is 0.379 e. The molecule has 1 N–H and O–H groups in total. The van der Waals surface area contributed by atoms with Gasteiger partial charge >= 0.3 is 0 Å². The van der Waals surface area contributed by atoms with Crippen molar-refractivity contribution >= 4 is 0 Å². The highest BCUT2D eigenvalue weighted by atomic mass is 16.6. The minimum absolute atomic E-state index is 0.374. The molecule has 13 nitrogen and oxygen atoms in total. The molecule has 0 spiro atoms. The third kappa shape index (κ3) is 30.9. The highest BCUT2D eigenvalue weighted by molar-refractivity contribution is 4.67. The summed E-state index contributed by atoms with van der Waals surface area (Å²) in [4.78, 5) is 0. The Hall–Kier alpha value is -0.520. The Morgan fingerprint density at radius 1 is 0.357 bits per heavy atom. The van der Waals surface area contributed by atoms with Gasteiger partial charge in [0.05, 0.1) is 151 Å². The van der Waals surface area contributed by atoms with E-state index in [1.165, 1.54) is 0 Å². The predicted molar refractivity (Wildman–Crippen MR) is 157 cm³/mol. The van der Waals surface area contributed by atoms with Crippen LogP contribution < -0.4 is 5.32 Å². The lowest BCUT2D eigenvalue weighted by atomic mass is 10.1. The van der Waals surface area contributed by atoms with Gasteiger partial charge in [-0.25, -0.2) is 0 Å². The molecule has 0 atom stereocenters. The van der Waals surface area contributed by atoms with Crippen LogP contribution in [0.15, 0.2) is 0 Å². The standard InChI is InChI=1S/C29H59NO12/c1-2-31-7-8-32-9-10-33-11-12-34-13-14-35-15-16-36-17-18-37-19-20-38-21-22-39-23-24-40-25-26-41-27-28-42-29-3-5-30-6-4-29/h29-30H,2-28H2,1H3. The molecule has 1 rings (SSSR count). The van der Waals surface area contributed by atoms with Crippen molar-refractivity contribution in [2.45, 2.75) is 25.9 Å². The minimum Gasteiger partial charge on any atom is -0.379 e. The van der Waals surface area contributed by atoms with Crippen LogP contribution >= 0.6 is 0 Å². The van der Waals surface area contributed by atoms with Gasteiger partial charge in [-0.15, -0.1) is 0 Å². The lowest BCUT2D eigenvalue weighted by molar-refractivity contribution is -0.0326. The maximum Gasteiger partial charge on any atom is 0.0704 e. The second kappa shape index (κ2) is 35.0. The number of hydrogen-bond donors (Lipinski definition) is 1. The summed E-state index contributed by atoms with van der Waals surface area (Å²) < 4.78 is 65.6. The van der Waals surface area contributed by atoms with Gasteiger partial charge < -0.3 is 62.2 Å². The van der Waals surface area contributed by atoms with E-state index < -0.39 is 0 Å². The predicted octanol–water partition coefficient (Wildman–Crippen LogP) is 0.958. The fourth-order valence-corrected chi connectivity index (χ4v) is 3.58. The molecule has 1 saturated heterocycles. The van der Waals surface area contributed by atoms with Crippen molar-refractivity contribution in [2.75, 3.05) is 165 Å². The summed E-state index contributed by atoms with van der Waals surface area (Å²) in [6, 6.07) is 0. The van der Waals surface area contributed by atoms with Gasteiger partial charge in [0.25, 0.3) is 0 Å². The molecule has 0 saturated carbocycles. The molecule has 13 heteroatoms. The topological polar surface area (TPSA) is 123 Å². The number of piperidine rings is 1. The van der Waals surface area contributed by atoms with Crippen LogP contribution in [0.3, 0.4) is 0 Å². The summed E-state index contributed by atoms with van der Waals surface area (Å²) in [6.07, 6.45) is 2.54. The first-order chi connectivity index (χ1) is 20.9. The molecule has 0 aliphatic carbocycles. The van der Waals surface area contributed by atoms with E-state index in [1.807, 2.05) is 6.92 Å². The molecule has 0 radical (unpaired) electrons. The van der Waals surface area contributed by atoms with E-state index in [2.05, 4.69) is 5.32 Å². The first-order valence-corrected chi connectivity index (χ1v) is 15.6. The Kier molecular flexibility index (Phi) is 32.9. The Labute approximate surface area is 253 Å². The molecule has 0 aromatic carbocycles. The first-order valence-electron chi connectivity index (χ1n) is 15.6. The van der Waals surface area contributed by atoms with Gasteiger partial charge in [0, 0.05) is 6.61 Å². The van der Waals surface area contributed by atoms with E-state index in [-0.39, 0.29) is 0 Å². The van der Waals surface area contributed by atoms with Crippen molar-refractivity contribution < 1.29 is 56.8 Å². The summed E-state index contributed by atoms with van der Waals surface area (Å²) in [6.45, 7) is 16.9. The normalized spacial score (nSPS) is 14.2. The van der Waals surface area contributed by atoms with Gasteiger partial charge in [-0.2, -0.15) is 0 Å². The fourth-order valence-electron chi connectivity index (χ4n) is 3.58. The second-order valence-corrected chi connectivity index (χ2v) is 9.14. The van der Waals surface area contributed by atoms with Gasteiger partial charge in [-0.3, -0.25) is 0 Å². The molecular formula is C29H59NO12. The zero-order valence-corrected chi connectivity index (χ0v) is 26.1. The van der Waals surface area contributed by atoms with E-state index in [0.29, 0.717) is 158 Å². The molecule has 252 valence electrons. The molecule has 0 aromatic heterocycles. The van der Waals surface area contributed by atoms with E-state index in [0.717, 1.165) is 25.9 Å². The number of rotatable bonds is 35. The van der Waals surface area contributed by atoms with E-state index in [9.17, 15) is 0 Å². The molecule has 42 heavy (non-hydrogen) atoms. The van der Waals surface area contributed by atoms with Gasteiger partial charge in [-0.1, -0.05) is 0 Å². The Balaban J connectivity index is 1.60. The maximum absolute atomic E-state index is 5.79. The zero-order valence-electron chi connectivity index (χ0n) is 26.1. The number of nitrogens with one attached hydrogen (secondary N) is 1. The van der Waals surface area contributed by atoms with Crippen LogP contribution in [-0.4, -0.2) is 171 Å². The summed E-state index contributed by atoms with van der Waals surface area (Å²) in [5.41, 5.74) is 0. The maximum atomic E-state index is 5.79. The third-order valence-electron chi connectivity index (χ3n) is 5.79. The van der Waals surface area contributed by atoms with E-state index in [4.69, 9.17) is 56.8 Å². The molecular weight excluding hydrogens is 554 g/mol. The lowest BCUT2D eigenvalue weighted by Crippen LogP contribution is -2.33. The van der Waals surface area contributed by atoms with Crippen LogP contribution in [0.5, 0.6) is 0 Å². The Morgan fingerprint density at radius 3 is 0.857 bits per heavy atom. The first kappa shape index (κ1) is 39.5. The van der Waals surface area contributed by atoms with Crippen LogP contribution in [0.25, 0.3) is 0 Å². The van der Waals surface area contributed by atoms with Gasteiger partial charge in [0.15, 0.2) is 0 Å². The van der Waals surface area contributed by atoms with Crippen LogP contribution in [-0.2, 0) is 56.8 Å². The molecule has 1 fully saturated rings.